The zero-order chi connectivity index (χ0) is 20.4. The Morgan fingerprint density at radius 2 is 1.90 bits per heavy atom. The average molecular weight is 395 g/mol. The topological polar surface area (TPSA) is 86.9 Å². The lowest BCUT2D eigenvalue weighted by Crippen LogP contribution is -2.52. The maximum absolute atomic E-state index is 12.7. The van der Waals surface area contributed by atoms with Crippen LogP contribution in [0.2, 0.25) is 0 Å². The summed E-state index contributed by atoms with van der Waals surface area (Å²) in [6.45, 7) is 4.24. The van der Waals surface area contributed by atoms with Crippen LogP contribution in [-0.2, 0) is 17.6 Å². The Balaban J connectivity index is 1.31. The van der Waals surface area contributed by atoms with Gasteiger partial charge in [-0.05, 0) is 57.4 Å². The van der Waals surface area contributed by atoms with Crippen LogP contribution in [0.15, 0.2) is 30.3 Å². The van der Waals surface area contributed by atoms with E-state index < -0.39 is 5.54 Å². The second-order valence-corrected chi connectivity index (χ2v) is 9.01. The van der Waals surface area contributed by atoms with Crippen LogP contribution in [0.4, 0.5) is 0 Å². The predicted octanol–water partition coefficient (Wildman–Crippen LogP) is 3.11. The number of benzene rings is 1. The van der Waals surface area contributed by atoms with Gasteiger partial charge in [0.05, 0.1) is 5.54 Å². The van der Waals surface area contributed by atoms with Crippen LogP contribution in [0.25, 0.3) is 0 Å². The molecule has 1 saturated carbocycles. The SMILES string of the molecule is CC(C)(CNC(=O)c1n[nH]c2c1CCCCC2)NC(=O)[C@@H]1C[C@H]1c1ccccc1. The number of hydrogen-bond donors (Lipinski definition) is 3. The van der Waals surface area contributed by atoms with Crippen LogP contribution < -0.4 is 10.6 Å². The van der Waals surface area contributed by atoms with Gasteiger partial charge in [-0.25, -0.2) is 0 Å². The molecule has 1 aromatic carbocycles. The van der Waals surface area contributed by atoms with Crippen molar-refractivity contribution >= 4 is 11.8 Å². The minimum atomic E-state index is -0.524. The first-order valence-corrected chi connectivity index (χ1v) is 10.7. The van der Waals surface area contributed by atoms with Gasteiger partial charge in [0.25, 0.3) is 5.91 Å². The molecule has 1 fully saturated rings. The normalized spacial score (nSPS) is 21.0. The smallest absolute Gasteiger partial charge is 0.272 e. The van der Waals surface area contributed by atoms with E-state index in [2.05, 4.69) is 33.0 Å². The summed E-state index contributed by atoms with van der Waals surface area (Å²) in [5, 5.41) is 13.4. The van der Waals surface area contributed by atoms with Crippen molar-refractivity contribution in [3.63, 3.8) is 0 Å². The summed E-state index contributed by atoms with van der Waals surface area (Å²) in [6.07, 6.45) is 6.17. The number of fused-ring (bicyclic) bond motifs is 1. The summed E-state index contributed by atoms with van der Waals surface area (Å²) in [6, 6.07) is 10.2. The lowest BCUT2D eigenvalue weighted by atomic mass is 10.0. The monoisotopic (exact) mass is 394 g/mol. The highest BCUT2D eigenvalue weighted by molar-refractivity contribution is 5.94. The number of rotatable bonds is 6. The van der Waals surface area contributed by atoms with E-state index in [1.165, 1.54) is 12.0 Å². The van der Waals surface area contributed by atoms with E-state index in [1.807, 2.05) is 32.0 Å². The van der Waals surface area contributed by atoms with Crippen molar-refractivity contribution in [3.8, 4) is 0 Å². The lowest BCUT2D eigenvalue weighted by molar-refractivity contribution is -0.124. The van der Waals surface area contributed by atoms with Crippen molar-refractivity contribution in [2.24, 2.45) is 5.92 Å². The molecule has 0 bridgehead atoms. The molecular formula is C23H30N4O2. The highest BCUT2D eigenvalue weighted by Gasteiger charge is 2.45. The molecule has 0 spiro atoms. The largest absolute Gasteiger partial charge is 0.349 e. The Hall–Kier alpha value is -2.63. The second kappa shape index (κ2) is 8.01. The standard InChI is InChI=1S/C23H30N4O2/c1-23(2,25-21(28)18-13-17(18)15-9-5-3-6-10-15)14-24-22(29)20-16-11-7-4-8-12-19(16)26-27-20/h3,5-6,9-10,17-18H,4,7-8,11-14H2,1-2H3,(H,24,29)(H,25,28)(H,26,27)/t17-,18+/m0/s1. The number of aromatic amines is 1. The van der Waals surface area contributed by atoms with Gasteiger partial charge in [-0.1, -0.05) is 36.8 Å². The summed E-state index contributed by atoms with van der Waals surface area (Å²) in [5.74, 6) is 0.225. The molecule has 6 nitrogen and oxygen atoms in total. The zero-order valence-corrected chi connectivity index (χ0v) is 17.3. The van der Waals surface area contributed by atoms with Gasteiger partial charge in [-0.3, -0.25) is 14.7 Å². The summed E-state index contributed by atoms with van der Waals surface area (Å²) in [4.78, 5) is 25.4. The molecule has 0 aliphatic heterocycles. The average Bonchev–Trinajstić information content (AvgIpc) is 3.46. The van der Waals surface area contributed by atoms with Crippen molar-refractivity contribution in [2.45, 2.75) is 63.8 Å². The minimum absolute atomic E-state index is 0.0227. The Morgan fingerprint density at radius 1 is 1.14 bits per heavy atom. The van der Waals surface area contributed by atoms with Gasteiger partial charge in [-0.2, -0.15) is 5.10 Å². The molecule has 2 aliphatic rings. The number of H-pyrrole nitrogens is 1. The Kier molecular flexibility index (Phi) is 5.43. The van der Waals surface area contributed by atoms with E-state index in [9.17, 15) is 9.59 Å². The van der Waals surface area contributed by atoms with Gasteiger partial charge in [0, 0.05) is 23.7 Å². The molecular weight excluding hydrogens is 364 g/mol. The van der Waals surface area contributed by atoms with Crippen LogP contribution in [0.1, 0.15) is 72.8 Å². The number of nitrogens with one attached hydrogen (secondary N) is 3. The molecule has 29 heavy (non-hydrogen) atoms. The fraction of sp³-hybridized carbons (Fsp3) is 0.522. The first-order chi connectivity index (χ1) is 13.9. The molecule has 154 valence electrons. The fourth-order valence-electron chi connectivity index (χ4n) is 4.25. The molecule has 2 aromatic rings. The Bertz CT molecular complexity index is 888. The van der Waals surface area contributed by atoms with Gasteiger partial charge in [0.1, 0.15) is 0 Å². The van der Waals surface area contributed by atoms with Crippen molar-refractivity contribution in [1.82, 2.24) is 20.8 Å². The van der Waals surface area contributed by atoms with E-state index in [0.717, 1.165) is 43.4 Å². The van der Waals surface area contributed by atoms with Gasteiger partial charge >= 0.3 is 0 Å². The number of amides is 2. The Morgan fingerprint density at radius 3 is 2.69 bits per heavy atom. The number of nitrogens with zero attached hydrogens (tertiary/aromatic N) is 1. The highest BCUT2D eigenvalue weighted by Crippen LogP contribution is 2.47. The van der Waals surface area contributed by atoms with E-state index in [1.54, 1.807) is 0 Å². The third-order valence-corrected chi connectivity index (χ3v) is 6.03. The van der Waals surface area contributed by atoms with Gasteiger partial charge in [0.15, 0.2) is 5.69 Å². The zero-order valence-electron chi connectivity index (χ0n) is 17.3. The molecule has 0 saturated heterocycles. The molecule has 6 heteroatoms. The Labute approximate surface area is 171 Å². The summed E-state index contributed by atoms with van der Waals surface area (Å²) < 4.78 is 0. The number of carbonyl (C=O) groups is 2. The van der Waals surface area contributed by atoms with Gasteiger partial charge in [-0.15, -0.1) is 0 Å². The van der Waals surface area contributed by atoms with Gasteiger partial charge < -0.3 is 10.6 Å². The minimum Gasteiger partial charge on any atom is -0.349 e. The lowest BCUT2D eigenvalue weighted by Gasteiger charge is -2.26. The number of hydrogen-bond acceptors (Lipinski definition) is 3. The molecule has 2 atom stereocenters. The number of carbonyl (C=O) groups excluding carboxylic acids is 2. The number of aromatic nitrogens is 2. The van der Waals surface area contributed by atoms with Crippen molar-refractivity contribution in [3.05, 3.63) is 52.8 Å². The maximum atomic E-state index is 12.7. The molecule has 2 aliphatic carbocycles. The van der Waals surface area contributed by atoms with Crippen molar-refractivity contribution < 1.29 is 9.59 Å². The first-order valence-electron chi connectivity index (χ1n) is 10.7. The molecule has 2 amide bonds. The van der Waals surface area contributed by atoms with Crippen LogP contribution in [0.3, 0.4) is 0 Å². The first kappa shape index (κ1) is 19.7. The predicted molar refractivity (Wildman–Crippen MR) is 112 cm³/mol. The third kappa shape index (κ3) is 4.52. The highest BCUT2D eigenvalue weighted by atomic mass is 16.2. The molecule has 1 heterocycles. The van der Waals surface area contributed by atoms with E-state index in [4.69, 9.17) is 0 Å². The summed E-state index contributed by atoms with van der Waals surface area (Å²) >= 11 is 0. The van der Waals surface area contributed by atoms with Crippen LogP contribution in [-0.4, -0.2) is 34.1 Å². The molecule has 0 unspecified atom stereocenters. The van der Waals surface area contributed by atoms with E-state index >= 15 is 0 Å². The van der Waals surface area contributed by atoms with Crippen LogP contribution in [0, 0.1) is 5.92 Å². The quantitative estimate of drug-likeness (QED) is 0.658. The van der Waals surface area contributed by atoms with Crippen LogP contribution in [0.5, 0.6) is 0 Å². The number of aryl methyl sites for hydroxylation is 1. The van der Waals surface area contributed by atoms with Crippen molar-refractivity contribution in [1.29, 1.82) is 0 Å². The molecule has 3 N–H and O–H groups in total. The van der Waals surface area contributed by atoms with Crippen LogP contribution >= 0.6 is 0 Å². The fourth-order valence-corrected chi connectivity index (χ4v) is 4.25. The third-order valence-electron chi connectivity index (χ3n) is 6.03. The van der Waals surface area contributed by atoms with Gasteiger partial charge in [0.2, 0.25) is 5.91 Å². The molecule has 0 radical (unpaired) electrons. The molecule has 4 rings (SSSR count). The molecule has 1 aromatic heterocycles. The second-order valence-electron chi connectivity index (χ2n) is 9.01. The van der Waals surface area contributed by atoms with E-state index in [-0.39, 0.29) is 17.7 Å². The summed E-state index contributed by atoms with van der Waals surface area (Å²) in [5.41, 5.74) is 3.36. The summed E-state index contributed by atoms with van der Waals surface area (Å²) in [7, 11) is 0. The van der Waals surface area contributed by atoms with Crippen molar-refractivity contribution in [2.75, 3.05) is 6.54 Å². The maximum Gasteiger partial charge on any atom is 0.272 e. The van der Waals surface area contributed by atoms with E-state index in [0.29, 0.717) is 18.2 Å².